The molecule has 0 amide bonds. The van der Waals surface area contributed by atoms with Crippen LogP contribution in [0.5, 0.6) is 0 Å². The van der Waals surface area contributed by atoms with E-state index in [0.29, 0.717) is 25.0 Å². The normalized spacial score (nSPS) is 56.0. The highest BCUT2D eigenvalue weighted by molar-refractivity contribution is 5.15. The Morgan fingerprint density at radius 2 is 1.57 bits per heavy atom. The summed E-state index contributed by atoms with van der Waals surface area (Å²) in [5, 5.41) is 51.1. The van der Waals surface area contributed by atoms with Gasteiger partial charge in [0.15, 0.2) is 6.29 Å². The van der Waals surface area contributed by atoms with Crippen molar-refractivity contribution in [2.24, 2.45) is 22.7 Å². The van der Waals surface area contributed by atoms with Crippen LogP contribution in [0, 0.1) is 22.7 Å². The quantitative estimate of drug-likeness (QED) is 0.355. The SMILES string of the molecule is CC12CCC3C(CCC4C(C)(C)C(OC5OC(CO)C(O)C(O)C5O)CCC34C)(COCC1O)O2. The molecule has 5 aliphatic rings. The molecule has 9 heteroatoms. The number of rotatable bonds is 3. The highest BCUT2D eigenvalue weighted by Crippen LogP contribution is 2.66. The number of aliphatic hydroxyl groups is 5. The standard InChI is InChI=1S/C26H44O9/c1-23(2)15-6-10-26-13-32-12-17(28)25(4,35-26)9-5-16(26)24(15,3)8-7-18(23)34-22-21(31)20(30)19(29)14(11-27)33-22/h14-22,27-31H,5-13H2,1-4H3. The lowest BCUT2D eigenvalue weighted by Gasteiger charge is -2.66. The monoisotopic (exact) mass is 500 g/mol. The van der Waals surface area contributed by atoms with Gasteiger partial charge in [0.25, 0.3) is 0 Å². The van der Waals surface area contributed by atoms with Gasteiger partial charge < -0.3 is 44.5 Å². The van der Waals surface area contributed by atoms with Gasteiger partial charge in [-0.25, -0.2) is 0 Å². The predicted molar refractivity (Wildman–Crippen MR) is 124 cm³/mol. The third-order valence-electron chi connectivity index (χ3n) is 10.6. The molecule has 3 heterocycles. The van der Waals surface area contributed by atoms with E-state index in [1.54, 1.807) is 0 Å². The summed E-state index contributed by atoms with van der Waals surface area (Å²) < 4.78 is 24.8. The fourth-order valence-corrected chi connectivity index (χ4v) is 8.55. The molecular weight excluding hydrogens is 456 g/mol. The summed E-state index contributed by atoms with van der Waals surface area (Å²) in [7, 11) is 0. The Bertz CT molecular complexity index is 791. The minimum absolute atomic E-state index is 0.00300. The number of aliphatic hydroxyl groups excluding tert-OH is 5. The van der Waals surface area contributed by atoms with E-state index in [1.165, 1.54) is 0 Å². The Kier molecular flexibility index (Phi) is 6.64. The van der Waals surface area contributed by atoms with E-state index in [0.717, 1.165) is 38.5 Å². The van der Waals surface area contributed by atoms with Gasteiger partial charge in [0.05, 0.1) is 37.1 Å². The molecule has 5 rings (SSSR count). The molecule has 2 bridgehead atoms. The number of hydrogen-bond donors (Lipinski definition) is 5. The van der Waals surface area contributed by atoms with Crippen LogP contribution in [0.15, 0.2) is 0 Å². The zero-order chi connectivity index (χ0) is 25.4. The smallest absolute Gasteiger partial charge is 0.186 e. The van der Waals surface area contributed by atoms with Crippen LogP contribution in [0.3, 0.4) is 0 Å². The largest absolute Gasteiger partial charge is 0.394 e. The van der Waals surface area contributed by atoms with Crippen molar-refractivity contribution in [3.05, 3.63) is 0 Å². The van der Waals surface area contributed by atoms with E-state index < -0.39 is 54.6 Å². The van der Waals surface area contributed by atoms with E-state index in [2.05, 4.69) is 20.8 Å². The minimum atomic E-state index is -1.45. The van der Waals surface area contributed by atoms with Gasteiger partial charge in [0.2, 0.25) is 0 Å². The van der Waals surface area contributed by atoms with E-state index in [9.17, 15) is 25.5 Å². The van der Waals surface area contributed by atoms with Gasteiger partial charge in [-0.3, -0.25) is 0 Å². The summed E-state index contributed by atoms with van der Waals surface area (Å²) in [5.74, 6) is 0.634. The van der Waals surface area contributed by atoms with Gasteiger partial charge in [-0.2, -0.15) is 0 Å². The molecule has 35 heavy (non-hydrogen) atoms. The minimum Gasteiger partial charge on any atom is -0.394 e. The maximum Gasteiger partial charge on any atom is 0.186 e. The molecule has 3 saturated heterocycles. The first-order chi connectivity index (χ1) is 16.4. The van der Waals surface area contributed by atoms with Crippen LogP contribution in [-0.2, 0) is 18.9 Å². The van der Waals surface area contributed by atoms with Gasteiger partial charge in [0.1, 0.15) is 30.5 Å². The fraction of sp³-hybridized carbons (Fsp3) is 1.00. The second-order valence-corrected chi connectivity index (χ2v) is 12.9. The molecule has 3 aliphatic heterocycles. The number of ether oxygens (including phenoxy) is 4. The maximum absolute atomic E-state index is 10.7. The van der Waals surface area contributed by atoms with Gasteiger partial charge in [-0.15, -0.1) is 0 Å². The van der Waals surface area contributed by atoms with Crippen LogP contribution in [0.4, 0.5) is 0 Å². The molecule has 12 unspecified atom stereocenters. The molecule has 0 radical (unpaired) electrons. The summed E-state index contributed by atoms with van der Waals surface area (Å²) >= 11 is 0. The molecular formula is C26H44O9. The second kappa shape index (κ2) is 8.85. The topological polar surface area (TPSA) is 138 Å². The van der Waals surface area contributed by atoms with Crippen LogP contribution in [0.2, 0.25) is 0 Å². The van der Waals surface area contributed by atoms with Crippen molar-refractivity contribution < 1.29 is 44.5 Å². The van der Waals surface area contributed by atoms with E-state index >= 15 is 0 Å². The highest BCUT2D eigenvalue weighted by atomic mass is 16.7. The van der Waals surface area contributed by atoms with Gasteiger partial charge in [-0.05, 0) is 68.1 Å². The Balaban J connectivity index is 1.37. The molecule has 2 saturated carbocycles. The summed E-state index contributed by atoms with van der Waals surface area (Å²) in [5.41, 5.74) is -1.22. The van der Waals surface area contributed by atoms with Crippen molar-refractivity contribution in [1.29, 1.82) is 0 Å². The second-order valence-electron chi connectivity index (χ2n) is 12.9. The average Bonchev–Trinajstić information content (AvgIpc) is 2.88. The van der Waals surface area contributed by atoms with Crippen molar-refractivity contribution in [3.63, 3.8) is 0 Å². The van der Waals surface area contributed by atoms with Crippen molar-refractivity contribution in [1.82, 2.24) is 0 Å². The zero-order valence-corrected chi connectivity index (χ0v) is 21.4. The van der Waals surface area contributed by atoms with Crippen LogP contribution >= 0.6 is 0 Å². The first-order valence-corrected chi connectivity index (χ1v) is 13.3. The van der Waals surface area contributed by atoms with Crippen molar-refractivity contribution in [3.8, 4) is 0 Å². The van der Waals surface area contributed by atoms with Crippen LogP contribution in [0.1, 0.15) is 66.2 Å². The Labute approximate surface area is 207 Å². The number of fused-ring (bicyclic) bond motifs is 3. The highest BCUT2D eigenvalue weighted by Gasteiger charge is 2.66. The van der Waals surface area contributed by atoms with Crippen LogP contribution < -0.4 is 0 Å². The third kappa shape index (κ3) is 3.92. The van der Waals surface area contributed by atoms with Gasteiger partial charge in [0, 0.05) is 0 Å². The Morgan fingerprint density at radius 3 is 2.29 bits per heavy atom. The molecule has 9 nitrogen and oxygen atoms in total. The molecule has 1 spiro atoms. The maximum atomic E-state index is 10.7. The molecule has 0 aromatic heterocycles. The van der Waals surface area contributed by atoms with Crippen molar-refractivity contribution in [2.45, 2.75) is 120 Å². The molecule has 0 aromatic carbocycles. The first-order valence-electron chi connectivity index (χ1n) is 13.3. The Hall–Kier alpha value is -0.360. The predicted octanol–water partition coefficient (Wildman–Crippen LogP) is 0.723. The molecule has 0 aromatic rings. The molecule has 12 atom stereocenters. The zero-order valence-electron chi connectivity index (χ0n) is 21.4. The summed E-state index contributed by atoms with van der Waals surface area (Å²) in [6.07, 6.45) is -1.94. The Morgan fingerprint density at radius 1 is 0.857 bits per heavy atom. The lowest BCUT2D eigenvalue weighted by atomic mass is 9.43. The summed E-state index contributed by atoms with van der Waals surface area (Å²) in [6.45, 7) is 9.17. The average molecular weight is 501 g/mol. The fourth-order valence-electron chi connectivity index (χ4n) is 8.55. The summed E-state index contributed by atoms with van der Waals surface area (Å²) in [6, 6.07) is 0. The van der Waals surface area contributed by atoms with Crippen LogP contribution in [-0.4, -0.2) is 99.5 Å². The van der Waals surface area contributed by atoms with Crippen molar-refractivity contribution in [2.75, 3.05) is 19.8 Å². The van der Waals surface area contributed by atoms with E-state index in [-0.39, 0.29) is 16.9 Å². The van der Waals surface area contributed by atoms with E-state index in [1.807, 2.05) is 6.92 Å². The van der Waals surface area contributed by atoms with Gasteiger partial charge >= 0.3 is 0 Å². The van der Waals surface area contributed by atoms with Crippen LogP contribution in [0.25, 0.3) is 0 Å². The first kappa shape index (κ1) is 26.3. The van der Waals surface area contributed by atoms with Crippen molar-refractivity contribution >= 4 is 0 Å². The van der Waals surface area contributed by atoms with E-state index in [4.69, 9.17) is 18.9 Å². The third-order valence-corrected chi connectivity index (χ3v) is 10.6. The number of hydrogen-bond acceptors (Lipinski definition) is 9. The molecule has 5 N–H and O–H groups in total. The summed E-state index contributed by atoms with van der Waals surface area (Å²) in [4.78, 5) is 0. The molecule has 2 aliphatic carbocycles. The lowest BCUT2D eigenvalue weighted by Crippen LogP contribution is -2.68. The molecule has 202 valence electrons. The van der Waals surface area contributed by atoms with Gasteiger partial charge in [-0.1, -0.05) is 20.8 Å². The molecule has 5 fully saturated rings. The lowest BCUT2D eigenvalue weighted by molar-refractivity contribution is -0.335.